The van der Waals surface area contributed by atoms with Crippen LogP contribution in [0.5, 0.6) is 0 Å². The van der Waals surface area contributed by atoms with E-state index in [-0.39, 0.29) is 6.04 Å². The average Bonchev–Trinajstić information content (AvgIpc) is 2.03. The Kier molecular flexibility index (Phi) is 3.45. The summed E-state index contributed by atoms with van der Waals surface area (Å²) in [6, 6.07) is 0.585. The number of Topliss-reactive ketones (excluding diaryl/α,β-unsaturated/α-hetero) is 1. The third kappa shape index (κ3) is 2.51. The molecule has 13 heavy (non-hydrogen) atoms. The van der Waals surface area contributed by atoms with Crippen molar-refractivity contribution in [3.8, 4) is 0 Å². The summed E-state index contributed by atoms with van der Waals surface area (Å²) < 4.78 is 0. The summed E-state index contributed by atoms with van der Waals surface area (Å²) in [5.74, 6) is 0.292. The van der Waals surface area contributed by atoms with Gasteiger partial charge in [0.05, 0.1) is 6.04 Å². The van der Waals surface area contributed by atoms with Crippen molar-refractivity contribution in [1.82, 2.24) is 9.80 Å². The minimum Gasteiger partial charge on any atom is -0.303 e. The standard InChI is InChI=1S/C10H20N2O/c1-8(2)12-6-5-11(4)7-10(12)9(3)13/h8,10H,5-7H2,1-4H3/t10-/m1/s1. The van der Waals surface area contributed by atoms with Crippen LogP contribution < -0.4 is 0 Å². The van der Waals surface area contributed by atoms with Crippen LogP contribution in [0.2, 0.25) is 0 Å². The van der Waals surface area contributed by atoms with Gasteiger partial charge in [0.15, 0.2) is 0 Å². The quantitative estimate of drug-likeness (QED) is 0.628. The van der Waals surface area contributed by atoms with Crippen molar-refractivity contribution in [2.24, 2.45) is 0 Å². The largest absolute Gasteiger partial charge is 0.303 e. The van der Waals surface area contributed by atoms with Gasteiger partial charge in [0.25, 0.3) is 0 Å². The van der Waals surface area contributed by atoms with Gasteiger partial charge in [-0.1, -0.05) is 0 Å². The number of ketones is 1. The van der Waals surface area contributed by atoms with Crippen LogP contribution in [0.3, 0.4) is 0 Å². The normalized spacial score (nSPS) is 26.7. The first-order chi connectivity index (χ1) is 6.02. The van der Waals surface area contributed by atoms with Gasteiger partial charge in [-0.15, -0.1) is 0 Å². The van der Waals surface area contributed by atoms with Crippen LogP contribution in [-0.4, -0.2) is 54.3 Å². The molecular weight excluding hydrogens is 164 g/mol. The lowest BCUT2D eigenvalue weighted by Crippen LogP contribution is -2.56. The summed E-state index contributed by atoms with van der Waals surface area (Å²) in [7, 11) is 2.08. The second-order valence-corrected chi connectivity index (χ2v) is 4.22. The van der Waals surface area contributed by atoms with E-state index in [9.17, 15) is 4.79 Å². The lowest BCUT2D eigenvalue weighted by molar-refractivity contribution is -0.125. The first-order valence-corrected chi connectivity index (χ1v) is 4.97. The molecule has 1 heterocycles. The molecule has 1 aliphatic heterocycles. The first-order valence-electron chi connectivity index (χ1n) is 4.97. The highest BCUT2D eigenvalue weighted by atomic mass is 16.1. The van der Waals surface area contributed by atoms with Crippen LogP contribution >= 0.6 is 0 Å². The molecular formula is C10H20N2O. The molecule has 0 aliphatic carbocycles. The van der Waals surface area contributed by atoms with E-state index in [1.54, 1.807) is 6.92 Å². The molecule has 1 rings (SSSR count). The smallest absolute Gasteiger partial charge is 0.148 e. The fraction of sp³-hybridized carbons (Fsp3) is 0.900. The van der Waals surface area contributed by atoms with Crippen LogP contribution in [0.15, 0.2) is 0 Å². The van der Waals surface area contributed by atoms with E-state index in [0.29, 0.717) is 11.8 Å². The van der Waals surface area contributed by atoms with Gasteiger partial charge in [0.1, 0.15) is 5.78 Å². The molecule has 0 radical (unpaired) electrons. The van der Waals surface area contributed by atoms with E-state index in [1.165, 1.54) is 0 Å². The molecule has 1 aliphatic rings. The molecule has 3 nitrogen and oxygen atoms in total. The predicted molar refractivity (Wildman–Crippen MR) is 53.8 cm³/mol. The average molecular weight is 184 g/mol. The molecule has 3 heteroatoms. The van der Waals surface area contributed by atoms with Gasteiger partial charge in [-0.3, -0.25) is 9.69 Å². The van der Waals surface area contributed by atoms with Crippen molar-refractivity contribution < 1.29 is 4.79 Å². The topological polar surface area (TPSA) is 23.6 Å². The van der Waals surface area contributed by atoms with Crippen molar-refractivity contribution >= 4 is 5.78 Å². The molecule has 1 fully saturated rings. The maximum absolute atomic E-state index is 11.4. The van der Waals surface area contributed by atoms with Gasteiger partial charge >= 0.3 is 0 Å². The Morgan fingerprint density at radius 3 is 2.46 bits per heavy atom. The zero-order valence-electron chi connectivity index (χ0n) is 9.08. The zero-order valence-corrected chi connectivity index (χ0v) is 9.08. The summed E-state index contributed by atoms with van der Waals surface area (Å²) in [4.78, 5) is 15.9. The lowest BCUT2D eigenvalue weighted by atomic mass is 10.1. The number of hydrogen-bond acceptors (Lipinski definition) is 3. The van der Waals surface area contributed by atoms with Crippen LogP contribution in [-0.2, 0) is 4.79 Å². The number of piperazine rings is 1. The van der Waals surface area contributed by atoms with Crippen molar-refractivity contribution in [1.29, 1.82) is 0 Å². The number of carbonyl (C=O) groups is 1. The van der Waals surface area contributed by atoms with Gasteiger partial charge in [-0.25, -0.2) is 0 Å². The summed E-state index contributed by atoms with van der Waals surface area (Å²) >= 11 is 0. The van der Waals surface area contributed by atoms with E-state index in [2.05, 4.69) is 30.7 Å². The molecule has 0 aromatic heterocycles. The van der Waals surface area contributed by atoms with Crippen molar-refractivity contribution in [2.45, 2.75) is 32.9 Å². The third-order valence-electron chi connectivity index (χ3n) is 2.76. The van der Waals surface area contributed by atoms with E-state index >= 15 is 0 Å². The second kappa shape index (κ2) is 4.20. The Morgan fingerprint density at radius 2 is 2.00 bits per heavy atom. The fourth-order valence-electron chi connectivity index (χ4n) is 1.91. The Balaban J connectivity index is 2.66. The van der Waals surface area contributed by atoms with Crippen molar-refractivity contribution in [3.05, 3.63) is 0 Å². The van der Waals surface area contributed by atoms with E-state index in [4.69, 9.17) is 0 Å². The zero-order chi connectivity index (χ0) is 10.0. The summed E-state index contributed by atoms with van der Waals surface area (Å²) in [5.41, 5.74) is 0. The molecule has 0 aromatic carbocycles. The first kappa shape index (κ1) is 10.7. The summed E-state index contributed by atoms with van der Waals surface area (Å²) in [5, 5.41) is 0. The van der Waals surface area contributed by atoms with Gasteiger partial charge in [-0.2, -0.15) is 0 Å². The summed E-state index contributed by atoms with van der Waals surface area (Å²) in [6.45, 7) is 8.97. The second-order valence-electron chi connectivity index (χ2n) is 4.22. The number of rotatable bonds is 2. The van der Waals surface area contributed by atoms with Crippen LogP contribution in [0.1, 0.15) is 20.8 Å². The Hall–Kier alpha value is -0.410. The van der Waals surface area contributed by atoms with Crippen LogP contribution in [0.25, 0.3) is 0 Å². The number of likely N-dealkylation sites (N-methyl/N-ethyl adjacent to an activating group) is 1. The Morgan fingerprint density at radius 1 is 1.38 bits per heavy atom. The number of carbonyl (C=O) groups excluding carboxylic acids is 1. The molecule has 0 unspecified atom stereocenters. The molecule has 0 aromatic rings. The highest BCUT2D eigenvalue weighted by Crippen LogP contribution is 2.12. The number of nitrogens with zero attached hydrogens (tertiary/aromatic N) is 2. The van der Waals surface area contributed by atoms with E-state index in [0.717, 1.165) is 19.6 Å². The molecule has 0 bridgehead atoms. The Labute approximate surface area is 80.7 Å². The SMILES string of the molecule is CC(=O)[C@H]1CN(C)CCN1C(C)C. The molecule has 1 atom stereocenters. The van der Waals surface area contributed by atoms with Gasteiger partial charge < -0.3 is 4.90 Å². The minimum atomic E-state index is 0.110. The summed E-state index contributed by atoms with van der Waals surface area (Å²) in [6.07, 6.45) is 0. The van der Waals surface area contributed by atoms with Gasteiger partial charge in [0.2, 0.25) is 0 Å². The van der Waals surface area contributed by atoms with E-state index in [1.807, 2.05) is 0 Å². The third-order valence-corrected chi connectivity index (χ3v) is 2.76. The highest BCUT2D eigenvalue weighted by molar-refractivity contribution is 5.81. The monoisotopic (exact) mass is 184 g/mol. The predicted octanol–water partition coefficient (Wildman–Crippen LogP) is 0.600. The molecule has 0 N–H and O–H groups in total. The Bertz CT molecular complexity index is 191. The minimum absolute atomic E-state index is 0.110. The highest BCUT2D eigenvalue weighted by Gasteiger charge is 2.29. The molecule has 0 amide bonds. The van der Waals surface area contributed by atoms with Crippen molar-refractivity contribution in [2.75, 3.05) is 26.7 Å². The molecule has 0 spiro atoms. The maximum Gasteiger partial charge on any atom is 0.148 e. The van der Waals surface area contributed by atoms with Gasteiger partial charge in [0, 0.05) is 25.7 Å². The van der Waals surface area contributed by atoms with Gasteiger partial charge in [-0.05, 0) is 27.8 Å². The number of hydrogen-bond donors (Lipinski definition) is 0. The maximum atomic E-state index is 11.4. The molecule has 1 saturated heterocycles. The van der Waals surface area contributed by atoms with Crippen LogP contribution in [0.4, 0.5) is 0 Å². The lowest BCUT2D eigenvalue weighted by Gasteiger charge is -2.41. The molecule has 76 valence electrons. The molecule has 0 saturated carbocycles. The van der Waals surface area contributed by atoms with E-state index < -0.39 is 0 Å². The van der Waals surface area contributed by atoms with Crippen LogP contribution in [0, 0.1) is 0 Å². The van der Waals surface area contributed by atoms with Crippen molar-refractivity contribution in [3.63, 3.8) is 0 Å². The fourth-order valence-corrected chi connectivity index (χ4v) is 1.91.